The van der Waals surface area contributed by atoms with Crippen LogP contribution < -0.4 is 0 Å². The third-order valence-electron chi connectivity index (χ3n) is 4.22. The Balaban J connectivity index is 1.97. The van der Waals surface area contributed by atoms with Crippen LogP contribution in [0.4, 0.5) is 0 Å². The molecule has 1 aromatic heterocycles. The highest BCUT2D eigenvalue weighted by atomic mass is 32.1. The van der Waals surface area contributed by atoms with E-state index in [2.05, 4.69) is 74.5 Å². The Morgan fingerprint density at radius 2 is 1.33 bits per heavy atom. The van der Waals surface area contributed by atoms with Crippen LogP contribution in [-0.2, 0) is 0 Å². The number of rotatable bonds is 1. The standard InChI is InChI=1S/C20H16S/c1-13-7-8-15(11-14(13)2)16-9-10-20-18(12-16)17-5-3-4-6-19(17)21-20/h3-12H,1-2H3. The van der Waals surface area contributed by atoms with Gasteiger partial charge in [-0.2, -0.15) is 0 Å². The average Bonchev–Trinajstić information content (AvgIpc) is 2.88. The van der Waals surface area contributed by atoms with Crippen molar-refractivity contribution < 1.29 is 0 Å². The van der Waals surface area contributed by atoms with Crippen molar-refractivity contribution in [2.45, 2.75) is 13.8 Å². The molecule has 21 heavy (non-hydrogen) atoms. The largest absolute Gasteiger partial charge is 0.135 e. The van der Waals surface area contributed by atoms with Gasteiger partial charge in [-0.25, -0.2) is 0 Å². The van der Waals surface area contributed by atoms with Gasteiger partial charge in [0.05, 0.1) is 0 Å². The van der Waals surface area contributed by atoms with Gasteiger partial charge in [-0.15, -0.1) is 11.3 Å². The van der Waals surface area contributed by atoms with E-state index in [9.17, 15) is 0 Å². The lowest BCUT2D eigenvalue weighted by molar-refractivity contribution is 1.34. The van der Waals surface area contributed by atoms with Crippen molar-refractivity contribution in [3.05, 3.63) is 71.8 Å². The lowest BCUT2D eigenvalue weighted by Crippen LogP contribution is -1.83. The third kappa shape index (κ3) is 2.05. The number of hydrogen-bond acceptors (Lipinski definition) is 1. The van der Waals surface area contributed by atoms with Gasteiger partial charge >= 0.3 is 0 Å². The zero-order valence-electron chi connectivity index (χ0n) is 12.2. The van der Waals surface area contributed by atoms with Crippen molar-refractivity contribution in [1.29, 1.82) is 0 Å². The van der Waals surface area contributed by atoms with Gasteiger partial charge in [-0.05, 0) is 54.3 Å². The Kier molecular flexibility index (Phi) is 2.83. The summed E-state index contributed by atoms with van der Waals surface area (Å²) in [7, 11) is 0. The summed E-state index contributed by atoms with van der Waals surface area (Å²) in [4.78, 5) is 0. The minimum atomic E-state index is 1.30. The van der Waals surface area contributed by atoms with E-state index in [1.807, 2.05) is 11.3 Å². The minimum Gasteiger partial charge on any atom is -0.135 e. The smallest absolute Gasteiger partial charge is 0.0355 e. The molecule has 102 valence electrons. The molecule has 0 unspecified atom stereocenters. The molecule has 0 saturated heterocycles. The van der Waals surface area contributed by atoms with E-state index < -0.39 is 0 Å². The summed E-state index contributed by atoms with van der Waals surface area (Å²) in [5.41, 5.74) is 5.30. The average molecular weight is 288 g/mol. The lowest BCUT2D eigenvalue weighted by Gasteiger charge is -2.06. The van der Waals surface area contributed by atoms with Crippen LogP contribution in [0.1, 0.15) is 11.1 Å². The first-order valence-corrected chi connectivity index (χ1v) is 8.03. The number of thiophene rings is 1. The molecule has 0 aliphatic heterocycles. The molecule has 1 heteroatoms. The quantitative estimate of drug-likeness (QED) is 0.383. The predicted octanol–water partition coefficient (Wildman–Crippen LogP) is 6.34. The van der Waals surface area contributed by atoms with Crippen LogP contribution in [0.3, 0.4) is 0 Å². The van der Waals surface area contributed by atoms with E-state index in [1.165, 1.54) is 42.4 Å². The maximum Gasteiger partial charge on any atom is 0.0355 e. The van der Waals surface area contributed by atoms with Crippen LogP contribution in [0.25, 0.3) is 31.3 Å². The summed E-state index contributed by atoms with van der Waals surface area (Å²) >= 11 is 1.87. The molecule has 0 radical (unpaired) electrons. The maximum absolute atomic E-state index is 2.33. The molecule has 0 aliphatic rings. The van der Waals surface area contributed by atoms with Crippen LogP contribution in [-0.4, -0.2) is 0 Å². The SMILES string of the molecule is Cc1ccc(-c2ccc3sc4ccccc4c3c2)cc1C. The van der Waals surface area contributed by atoms with Crippen molar-refractivity contribution in [3.63, 3.8) is 0 Å². The predicted molar refractivity (Wildman–Crippen MR) is 94.2 cm³/mol. The molecule has 4 rings (SSSR count). The zero-order chi connectivity index (χ0) is 14.4. The van der Waals surface area contributed by atoms with E-state index in [4.69, 9.17) is 0 Å². The van der Waals surface area contributed by atoms with Crippen molar-refractivity contribution in [1.82, 2.24) is 0 Å². The van der Waals surface area contributed by atoms with Crippen molar-refractivity contribution in [2.24, 2.45) is 0 Å². The number of benzene rings is 3. The molecule has 0 bridgehead atoms. The van der Waals surface area contributed by atoms with Crippen molar-refractivity contribution in [3.8, 4) is 11.1 Å². The monoisotopic (exact) mass is 288 g/mol. The third-order valence-corrected chi connectivity index (χ3v) is 5.37. The van der Waals surface area contributed by atoms with Gasteiger partial charge in [-0.3, -0.25) is 0 Å². The van der Waals surface area contributed by atoms with Crippen LogP contribution in [0.2, 0.25) is 0 Å². The van der Waals surface area contributed by atoms with E-state index in [0.29, 0.717) is 0 Å². The summed E-state index contributed by atoms with van der Waals surface area (Å²) in [5.74, 6) is 0. The van der Waals surface area contributed by atoms with Crippen molar-refractivity contribution in [2.75, 3.05) is 0 Å². The molecule has 3 aromatic carbocycles. The molecule has 0 fully saturated rings. The molecule has 4 aromatic rings. The second-order valence-corrected chi connectivity index (χ2v) is 6.69. The van der Waals surface area contributed by atoms with Gasteiger partial charge in [0, 0.05) is 20.2 Å². The highest BCUT2D eigenvalue weighted by molar-refractivity contribution is 7.25. The molecular formula is C20H16S. The highest BCUT2D eigenvalue weighted by Gasteiger charge is 2.06. The van der Waals surface area contributed by atoms with Gasteiger partial charge in [0.1, 0.15) is 0 Å². The minimum absolute atomic E-state index is 1.30. The molecular weight excluding hydrogens is 272 g/mol. The Morgan fingerprint density at radius 1 is 0.619 bits per heavy atom. The first-order valence-electron chi connectivity index (χ1n) is 7.21. The molecule has 0 spiro atoms. The second-order valence-electron chi connectivity index (χ2n) is 5.61. The number of fused-ring (bicyclic) bond motifs is 3. The first-order chi connectivity index (χ1) is 10.2. The van der Waals surface area contributed by atoms with E-state index in [1.54, 1.807) is 0 Å². The zero-order valence-corrected chi connectivity index (χ0v) is 13.0. The molecule has 0 nitrogen and oxygen atoms in total. The van der Waals surface area contributed by atoms with E-state index in [0.717, 1.165) is 0 Å². The second kappa shape index (κ2) is 4.71. The van der Waals surface area contributed by atoms with Gasteiger partial charge in [0.2, 0.25) is 0 Å². The number of hydrogen-bond donors (Lipinski definition) is 0. The fraction of sp³-hybridized carbons (Fsp3) is 0.100. The summed E-state index contributed by atoms with van der Waals surface area (Å²) in [6.07, 6.45) is 0. The van der Waals surface area contributed by atoms with E-state index >= 15 is 0 Å². The first kappa shape index (κ1) is 12.6. The Hall–Kier alpha value is -2.12. The van der Waals surface area contributed by atoms with Gasteiger partial charge in [0.15, 0.2) is 0 Å². The van der Waals surface area contributed by atoms with Crippen LogP contribution in [0.5, 0.6) is 0 Å². The Morgan fingerprint density at radius 3 is 2.19 bits per heavy atom. The van der Waals surface area contributed by atoms with Crippen LogP contribution in [0.15, 0.2) is 60.7 Å². The molecule has 0 N–H and O–H groups in total. The number of aryl methyl sites for hydroxylation is 2. The van der Waals surface area contributed by atoms with Crippen molar-refractivity contribution >= 4 is 31.5 Å². The van der Waals surface area contributed by atoms with Crippen LogP contribution >= 0.6 is 11.3 Å². The van der Waals surface area contributed by atoms with Gasteiger partial charge in [-0.1, -0.05) is 42.5 Å². The van der Waals surface area contributed by atoms with Gasteiger partial charge < -0.3 is 0 Å². The van der Waals surface area contributed by atoms with Gasteiger partial charge in [0.25, 0.3) is 0 Å². The lowest BCUT2D eigenvalue weighted by atomic mass is 9.99. The molecule has 1 heterocycles. The molecule has 0 aliphatic carbocycles. The molecule has 0 atom stereocenters. The summed E-state index contributed by atoms with van der Waals surface area (Å²) < 4.78 is 2.73. The summed E-state index contributed by atoms with van der Waals surface area (Å²) in [5, 5.41) is 2.73. The topological polar surface area (TPSA) is 0 Å². The maximum atomic E-state index is 2.33. The summed E-state index contributed by atoms with van der Waals surface area (Å²) in [6, 6.07) is 22.2. The van der Waals surface area contributed by atoms with E-state index in [-0.39, 0.29) is 0 Å². The molecule has 0 amide bonds. The molecule has 0 saturated carbocycles. The Bertz CT molecular complexity index is 960. The Labute approximate surface area is 128 Å². The normalized spacial score (nSPS) is 11.3. The fourth-order valence-corrected chi connectivity index (χ4v) is 3.91. The summed E-state index contributed by atoms with van der Waals surface area (Å²) in [6.45, 7) is 4.34. The highest BCUT2D eigenvalue weighted by Crippen LogP contribution is 2.36. The fourth-order valence-electron chi connectivity index (χ4n) is 2.83. The van der Waals surface area contributed by atoms with Crippen LogP contribution in [0, 0.1) is 13.8 Å².